The van der Waals surface area contributed by atoms with Crippen LogP contribution < -0.4 is 9.47 Å². The zero-order chi connectivity index (χ0) is 18.4. The standard InChI is InChI=1S/C21H19NO4/c1-4-22-11-13(16-10-14(25-3)5-7-17(16)22)9-19-20(24)15-6-8-18(23)12(2)21(15)26-19/h5-11,23H,4H2,1-3H3. The van der Waals surface area contributed by atoms with Gasteiger partial charge in [-0.3, -0.25) is 4.79 Å². The number of carbonyl (C=O) groups excluding carboxylic acids is 1. The van der Waals surface area contributed by atoms with E-state index in [4.69, 9.17) is 9.47 Å². The van der Waals surface area contributed by atoms with Crippen LogP contribution >= 0.6 is 0 Å². The minimum atomic E-state index is -0.177. The Morgan fingerprint density at radius 1 is 1.27 bits per heavy atom. The highest BCUT2D eigenvalue weighted by molar-refractivity contribution is 6.15. The van der Waals surface area contributed by atoms with E-state index in [1.807, 2.05) is 24.4 Å². The molecule has 1 aliphatic heterocycles. The molecule has 4 rings (SSSR count). The van der Waals surface area contributed by atoms with Crippen LogP contribution in [-0.2, 0) is 6.54 Å². The number of benzene rings is 2. The van der Waals surface area contributed by atoms with Gasteiger partial charge in [0.1, 0.15) is 17.2 Å². The molecular formula is C21H19NO4. The van der Waals surface area contributed by atoms with Crippen molar-refractivity contribution in [3.63, 3.8) is 0 Å². The molecule has 26 heavy (non-hydrogen) atoms. The molecule has 0 bridgehead atoms. The number of methoxy groups -OCH3 is 1. The Bertz CT molecular complexity index is 1080. The molecule has 3 aromatic rings. The van der Waals surface area contributed by atoms with E-state index in [9.17, 15) is 9.90 Å². The summed E-state index contributed by atoms with van der Waals surface area (Å²) in [5.74, 6) is 1.38. The number of Topliss-reactive ketones (excluding diaryl/α,β-unsaturated/α-hetero) is 1. The van der Waals surface area contributed by atoms with Crippen LogP contribution in [0, 0.1) is 6.92 Å². The molecule has 0 amide bonds. The lowest BCUT2D eigenvalue weighted by molar-refractivity contribution is 0.101. The third kappa shape index (κ3) is 2.36. The van der Waals surface area contributed by atoms with Crippen molar-refractivity contribution in [3.05, 3.63) is 59.0 Å². The number of allylic oxidation sites excluding steroid dienone is 1. The number of nitrogens with zero attached hydrogens (tertiary/aromatic N) is 1. The van der Waals surface area contributed by atoms with Crippen LogP contribution in [-0.4, -0.2) is 22.6 Å². The van der Waals surface area contributed by atoms with Gasteiger partial charge >= 0.3 is 0 Å². The Labute approximate surface area is 151 Å². The Kier molecular flexibility index (Phi) is 3.72. The summed E-state index contributed by atoms with van der Waals surface area (Å²) in [6, 6.07) is 9.00. The Hall–Kier alpha value is -3.21. The van der Waals surface area contributed by atoms with Crippen LogP contribution in [0.1, 0.15) is 28.4 Å². The predicted molar refractivity (Wildman–Crippen MR) is 99.9 cm³/mol. The van der Waals surface area contributed by atoms with Crippen molar-refractivity contribution in [2.24, 2.45) is 0 Å². The first-order valence-corrected chi connectivity index (χ1v) is 8.47. The molecule has 0 aliphatic carbocycles. The van der Waals surface area contributed by atoms with Gasteiger partial charge in [0, 0.05) is 34.8 Å². The Balaban J connectivity index is 1.85. The van der Waals surface area contributed by atoms with E-state index in [0.717, 1.165) is 28.8 Å². The second kappa shape index (κ2) is 5.95. The molecule has 0 atom stereocenters. The lowest BCUT2D eigenvalue weighted by Gasteiger charge is -2.04. The summed E-state index contributed by atoms with van der Waals surface area (Å²) in [5, 5.41) is 10.8. The second-order valence-corrected chi connectivity index (χ2v) is 6.28. The van der Waals surface area contributed by atoms with Gasteiger partial charge in [-0.05, 0) is 50.3 Å². The van der Waals surface area contributed by atoms with Gasteiger partial charge < -0.3 is 19.1 Å². The minimum Gasteiger partial charge on any atom is -0.508 e. The van der Waals surface area contributed by atoms with E-state index in [0.29, 0.717) is 16.9 Å². The highest BCUT2D eigenvalue weighted by Gasteiger charge is 2.30. The third-order valence-electron chi connectivity index (χ3n) is 4.80. The van der Waals surface area contributed by atoms with Gasteiger partial charge in [-0.2, -0.15) is 0 Å². The maximum absolute atomic E-state index is 12.7. The highest BCUT2D eigenvalue weighted by Crippen LogP contribution is 2.39. The molecule has 132 valence electrons. The molecule has 5 heteroatoms. The number of rotatable bonds is 3. The normalized spacial score (nSPS) is 14.7. The number of ketones is 1. The summed E-state index contributed by atoms with van der Waals surface area (Å²) in [4.78, 5) is 12.7. The summed E-state index contributed by atoms with van der Waals surface area (Å²) < 4.78 is 13.2. The van der Waals surface area contributed by atoms with Gasteiger partial charge in [0.2, 0.25) is 5.78 Å². The van der Waals surface area contributed by atoms with Gasteiger partial charge in [-0.1, -0.05) is 0 Å². The van der Waals surface area contributed by atoms with Crippen molar-refractivity contribution in [1.82, 2.24) is 4.57 Å². The molecule has 5 nitrogen and oxygen atoms in total. The number of aromatic hydroxyl groups is 1. The second-order valence-electron chi connectivity index (χ2n) is 6.28. The number of aryl methyl sites for hydroxylation is 1. The molecule has 2 aromatic carbocycles. The van der Waals surface area contributed by atoms with Crippen LogP contribution in [0.5, 0.6) is 17.2 Å². The van der Waals surface area contributed by atoms with Crippen molar-refractivity contribution >= 4 is 22.8 Å². The van der Waals surface area contributed by atoms with Gasteiger partial charge in [0.25, 0.3) is 0 Å². The van der Waals surface area contributed by atoms with Gasteiger partial charge in [0.15, 0.2) is 5.76 Å². The maximum atomic E-state index is 12.7. The fourth-order valence-electron chi connectivity index (χ4n) is 3.32. The number of phenols is 1. The molecule has 0 radical (unpaired) electrons. The number of phenolic OH excluding ortho intramolecular Hbond substituents is 1. The minimum absolute atomic E-state index is 0.116. The molecule has 0 saturated carbocycles. The fraction of sp³-hybridized carbons (Fsp3) is 0.190. The molecule has 0 spiro atoms. The van der Waals surface area contributed by atoms with Crippen molar-refractivity contribution < 1.29 is 19.4 Å². The van der Waals surface area contributed by atoms with Crippen LogP contribution in [0.2, 0.25) is 0 Å². The van der Waals surface area contributed by atoms with E-state index in [1.165, 1.54) is 6.07 Å². The first kappa shape index (κ1) is 16.3. The summed E-state index contributed by atoms with van der Waals surface area (Å²) >= 11 is 0. The number of aromatic nitrogens is 1. The summed E-state index contributed by atoms with van der Waals surface area (Å²) in [7, 11) is 1.63. The summed E-state index contributed by atoms with van der Waals surface area (Å²) in [6.45, 7) is 4.62. The zero-order valence-electron chi connectivity index (χ0n) is 14.9. The SMILES string of the molecule is CCn1cc(C=C2Oc3c(ccc(O)c3C)C2=O)c2cc(OC)ccc21. The highest BCUT2D eigenvalue weighted by atomic mass is 16.5. The van der Waals surface area contributed by atoms with Gasteiger partial charge in [-0.15, -0.1) is 0 Å². The first-order chi connectivity index (χ1) is 12.5. The first-order valence-electron chi connectivity index (χ1n) is 8.47. The lowest BCUT2D eigenvalue weighted by atomic mass is 10.1. The Morgan fingerprint density at radius 3 is 2.81 bits per heavy atom. The molecule has 0 unspecified atom stereocenters. The van der Waals surface area contributed by atoms with Gasteiger partial charge in [-0.25, -0.2) is 0 Å². The van der Waals surface area contributed by atoms with E-state index < -0.39 is 0 Å². The van der Waals surface area contributed by atoms with E-state index >= 15 is 0 Å². The quantitative estimate of drug-likeness (QED) is 0.716. The van der Waals surface area contributed by atoms with Crippen LogP contribution in [0.4, 0.5) is 0 Å². The monoisotopic (exact) mass is 349 g/mol. The molecule has 1 aromatic heterocycles. The van der Waals surface area contributed by atoms with Crippen molar-refractivity contribution in [2.75, 3.05) is 7.11 Å². The number of fused-ring (bicyclic) bond motifs is 2. The topological polar surface area (TPSA) is 60.7 Å². The van der Waals surface area contributed by atoms with Crippen LogP contribution in [0.25, 0.3) is 17.0 Å². The molecule has 0 fully saturated rings. The number of ether oxygens (including phenoxy) is 2. The van der Waals surface area contributed by atoms with E-state index in [2.05, 4.69) is 11.5 Å². The number of carbonyl (C=O) groups is 1. The van der Waals surface area contributed by atoms with Crippen molar-refractivity contribution in [1.29, 1.82) is 0 Å². The van der Waals surface area contributed by atoms with Crippen molar-refractivity contribution in [2.45, 2.75) is 20.4 Å². The summed E-state index contributed by atoms with van der Waals surface area (Å²) in [5.41, 5.74) is 3.00. The van der Waals surface area contributed by atoms with Crippen LogP contribution in [0.3, 0.4) is 0 Å². The Morgan fingerprint density at radius 2 is 2.08 bits per heavy atom. The third-order valence-corrected chi connectivity index (χ3v) is 4.80. The average molecular weight is 349 g/mol. The fourth-order valence-corrected chi connectivity index (χ4v) is 3.32. The van der Waals surface area contributed by atoms with E-state index in [-0.39, 0.29) is 17.3 Å². The lowest BCUT2D eigenvalue weighted by Crippen LogP contribution is -1.97. The molecule has 1 N–H and O–H groups in total. The molecule has 0 saturated heterocycles. The smallest absolute Gasteiger partial charge is 0.231 e. The molecule has 1 aliphatic rings. The average Bonchev–Trinajstić information content (AvgIpc) is 3.16. The number of hydrogen-bond donors (Lipinski definition) is 1. The largest absolute Gasteiger partial charge is 0.508 e. The van der Waals surface area contributed by atoms with Crippen LogP contribution in [0.15, 0.2) is 42.3 Å². The van der Waals surface area contributed by atoms with E-state index in [1.54, 1.807) is 26.2 Å². The molecular weight excluding hydrogens is 330 g/mol. The number of hydrogen-bond acceptors (Lipinski definition) is 4. The molecule has 2 heterocycles. The predicted octanol–water partition coefficient (Wildman–Crippen LogP) is 4.30. The van der Waals surface area contributed by atoms with Crippen molar-refractivity contribution in [3.8, 4) is 17.2 Å². The summed E-state index contributed by atoms with van der Waals surface area (Å²) in [6.07, 6.45) is 3.76. The van der Waals surface area contributed by atoms with Gasteiger partial charge in [0.05, 0.1) is 12.7 Å². The zero-order valence-corrected chi connectivity index (χ0v) is 14.9. The maximum Gasteiger partial charge on any atom is 0.231 e.